The van der Waals surface area contributed by atoms with E-state index >= 15 is 0 Å². The Labute approximate surface area is 204 Å². The number of H-pyrrole nitrogens is 1. The van der Waals surface area contributed by atoms with Gasteiger partial charge in [0.1, 0.15) is 16.6 Å². The standard InChI is InChI=1S/C22H26N6O4S2/c1-12-18(34-13(2)25-12)21(30)28-6-4-14(5-7-28)20-27-17(10-33-20)19(29)26-16(22(31)32-3)8-15-9-23-11-24-15/h9-11,14,16H,4-8H2,1-3H3,(H,23,24)(H,26,29). The van der Waals surface area contributed by atoms with Crippen LogP contribution in [0.3, 0.4) is 0 Å². The summed E-state index contributed by atoms with van der Waals surface area (Å²) in [4.78, 5) is 56.1. The molecule has 4 rings (SSSR count). The lowest BCUT2D eigenvalue weighted by atomic mass is 9.97. The maximum Gasteiger partial charge on any atom is 0.328 e. The van der Waals surface area contributed by atoms with E-state index in [1.54, 1.807) is 11.6 Å². The average Bonchev–Trinajstić information content (AvgIpc) is 3.59. The summed E-state index contributed by atoms with van der Waals surface area (Å²) >= 11 is 2.86. The lowest BCUT2D eigenvalue weighted by molar-refractivity contribution is -0.142. The van der Waals surface area contributed by atoms with Crippen molar-refractivity contribution in [2.75, 3.05) is 20.2 Å². The summed E-state index contributed by atoms with van der Waals surface area (Å²) in [6.45, 7) is 5.04. The quantitative estimate of drug-likeness (QED) is 0.475. The van der Waals surface area contributed by atoms with Crippen LogP contribution < -0.4 is 5.32 Å². The molecule has 2 N–H and O–H groups in total. The summed E-state index contributed by atoms with van der Waals surface area (Å²) in [5.41, 5.74) is 1.76. The number of imidazole rings is 1. The van der Waals surface area contributed by atoms with E-state index in [0.717, 1.165) is 28.6 Å². The van der Waals surface area contributed by atoms with Gasteiger partial charge in [-0.05, 0) is 26.7 Å². The number of piperidine rings is 1. The second-order valence-electron chi connectivity index (χ2n) is 8.12. The van der Waals surface area contributed by atoms with Crippen LogP contribution >= 0.6 is 22.7 Å². The number of nitrogens with one attached hydrogen (secondary N) is 2. The highest BCUT2D eigenvalue weighted by atomic mass is 32.1. The highest BCUT2D eigenvalue weighted by Crippen LogP contribution is 2.31. The molecule has 3 aromatic rings. The minimum absolute atomic E-state index is 0.0341. The number of rotatable bonds is 7. The second kappa shape index (κ2) is 10.4. The van der Waals surface area contributed by atoms with E-state index in [-0.39, 0.29) is 23.9 Å². The van der Waals surface area contributed by atoms with Crippen LogP contribution in [-0.4, -0.2) is 68.9 Å². The molecule has 1 aliphatic heterocycles. The molecule has 0 bridgehead atoms. The number of aromatic amines is 1. The highest BCUT2D eigenvalue weighted by molar-refractivity contribution is 7.13. The normalized spacial score (nSPS) is 15.2. The molecule has 4 heterocycles. The molecule has 1 unspecified atom stereocenters. The summed E-state index contributed by atoms with van der Waals surface area (Å²) in [5, 5.41) is 6.17. The third kappa shape index (κ3) is 5.33. The van der Waals surface area contributed by atoms with Crippen molar-refractivity contribution in [3.63, 3.8) is 0 Å². The minimum atomic E-state index is -0.851. The number of hydrogen-bond acceptors (Lipinski definition) is 9. The molecule has 1 saturated heterocycles. The van der Waals surface area contributed by atoms with Gasteiger partial charge in [0, 0.05) is 42.7 Å². The Balaban J connectivity index is 1.35. The molecule has 0 spiro atoms. The average molecular weight is 503 g/mol. The number of ether oxygens (including phenoxy) is 1. The lowest BCUT2D eigenvalue weighted by Crippen LogP contribution is -2.43. The summed E-state index contributed by atoms with van der Waals surface area (Å²) in [7, 11) is 1.28. The van der Waals surface area contributed by atoms with Crippen molar-refractivity contribution >= 4 is 40.5 Å². The molecule has 12 heteroatoms. The number of thiazole rings is 2. The van der Waals surface area contributed by atoms with Gasteiger partial charge in [0.05, 0.1) is 29.1 Å². The predicted octanol–water partition coefficient (Wildman–Crippen LogP) is 2.47. The zero-order valence-electron chi connectivity index (χ0n) is 19.2. The number of carbonyl (C=O) groups is 3. The zero-order valence-corrected chi connectivity index (χ0v) is 20.8. The summed E-state index contributed by atoms with van der Waals surface area (Å²) in [5.74, 6) is -0.754. The SMILES string of the molecule is COC(=O)C(Cc1cnc[nH]1)NC(=O)c1csc(C2CCN(C(=O)c3sc(C)nc3C)CC2)n1. The van der Waals surface area contributed by atoms with Gasteiger partial charge in [0.25, 0.3) is 11.8 Å². The number of carbonyl (C=O) groups excluding carboxylic acids is 3. The number of esters is 1. The van der Waals surface area contributed by atoms with Crippen LogP contribution in [0.2, 0.25) is 0 Å². The zero-order chi connectivity index (χ0) is 24.2. The predicted molar refractivity (Wildman–Crippen MR) is 127 cm³/mol. The number of aromatic nitrogens is 4. The first kappa shape index (κ1) is 24.0. The van der Waals surface area contributed by atoms with E-state index in [0.29, 0.717) is 23.7 Å². The molecule has 1 fully saturated rings. The largest absolute Gasteiger partial charge is 0.467 e. The van der Waals surface area contributed by atoms with Gasteiger partial charge >= 0.3 is 5.97 Å². The number of hydrogen-bond donors (Lipinski definition) is 2. The van der Waals surface area contributed by atoms with Crippen molar-refractivity contribution in [2.24, 2.45) is 0 Å². The Morgan fingerprint density at radius 2 is 2.03 bits per heavy atom. The van der Waals surface area contributed by atoms with Crippen molar-refractivity contribution in [3.05, 3.63) is 49.9 Å². The number of aryl methyl sites for hydroxylation is 2. The van der Waals surface area contributed by atoms with Crippen molar-refractivity contribution in [1.82, 2.24) is 30.2 Å². The molecule has 2 amide bonds. The Morgan fingerprint density at radius 3 is 2.65 bits per heavy atom. The fraction of sp³-hybridized carbons (Fsp3) is 0.455. The van der Waals surface area contributed by atoms with Gasteiger partial charge in [0.15, 0.2) is 0 Å². The number of likely N-dealkylation sites (tertiary alicyclic amines) is 1. The van der Waals surface area contributed by atoms with Crippen LogP contribution in [0, 0.1) is 13.8 Å². The molecular formula is C22H26N6O4S2. The lowest BCUT2D eigenvalue weighted by Gasteiger charge is -2.30. The van der Waals surface area contributed by atoms with Crippen LogP contribution in [-0.2, 0) is 16.0 Å². The van der Waals surface area contributed by atoms with Crippen LogP contribution in [0.1, 0.15) is 60.3 Å². The topological polar surface area (TPSA) is 130 Å². The van der Waals surface area contributed by atoms with Crippen molar-refractivity contribution in [3.8, 4) is 0 Å². The first-order chi connectivity index (χ1) is 16.4. The maximum absolute atomic E-state index is 12.9. The number of methoxy groups -OCH3 is 1. The third-order valence-electron chi connectivity index (χ3n) is 5.75. The first-order valence-electron chi connectivity index (χ1n) is 10.9. The molecule has 0 saturated carbocycles. The van der Waals surface area contributed by atoms with Gasteiger partial charge in [-0.3, -0.25) is 9.59 Å². The molecule has 34 heavy (non-hydrogen) atoms. The van der Waals surface area contributed by atoms with Crippen molar-refractivity contribution in [2.45, 2.75) is 45.1 Å². The Kier molecular flexibility index (Phi) is 7.37. The maximum atomic E-state index is 12.9. The molecule has 1 atom stereocenters. The fourth-order valence-electron chi connectivity index (χ4n) is 3.97. The van der Waals surface area contributed by atoms with Crippen LogP contribution in [0.4, 0.5) is 0 Å². The Bertz CT molecular complexity index is 1160. The van der Waals surface area contributed by atoms with Gasteiger partial charge in [-0.2, -0.15) is 0 Å². The Morgan fingerprint density at radius 1 is 1.26 bits per heavy atom. The van der Waals surface area contributed by atoms with E-state index in [2.05, 4.69) is 25.3 Å². The summed E-state index contributed by atoms with van der Waals surface area (Å²) < 4.78 is 4.83. The van der Waals surface area contributed by atoms with E-state index in [1.807, 2.05) is 18.7 Å². The molecule has 3 aromatic heterocycles. The van der Waals surface area contributed by atoms with Gasteiger partial charge in [-0.1, -0.05) is 0 Å². The second-order valence-corrected chi connectivity index (χ2v) is 10.2. The number of nitrogens with zero attached hydrogens (tertiary/aromatic N) is 4. The minimum Gasteiger partial charge on any atom is -0.467 e. The van der Waals surface area contributed by atoms with Gasteiger partial charge in [-0.25, -0.2) is 19.7 Å². The molecule has 0 radical (unpaired) electrons. The van der Waals surface area contributed by atoms with Gasteiger partial charge in [0.2, 0.25) is 0 Å². The molecule has 0 aliphatic carbocycles. The summed E-state index contributed by atoms with van der Waals surface area (Å²) in [6, 6.07) is -0.851. The van der Waals surface area contributed by atoms with Crippen molar-refractivity contribution in [1.29, 1.82) is 0 Å². The van der Waals surface area contributed by atoms with E-state index < -0.39 is 17.9 Å². The van der Waals surface area contributed by atoms with E-state index in [9.17, 15) is 14.4 Å². The monoisotopic (exact) mass is 502 g/mol. The highest BCUT2D eigenvalue weighted by Gasteiger charge is 2.29. The van der Waals surface area contributed by atoms with E-state index in [1.165, 1.54) is 36.1 Å². The van der Waals surface area contributed by atoms with Crippen LogP contribution in [0.15, 0.2) is 17.9 Å². The van der Waals surface area contributed by atoms with Gasteiger partial charge in [-0.15, -0.1) is 22.7 Å². The van der Waals surface area contributed by atoms with Crippen LogP contribution in [0.5, 0.6) is 0 Å². The van der Waals surface area contributed by atoms with Crippen LogP contribution in [0.25, 0.3) is 0 Å². The first-order valence-corrected chi connectivity index (χ1v) is 12.6. The van der Waals surface area contributed by atoms with Crippen molar-refractivity contribution < 1.29 is 19.1 Å². The molecular weight excluding hydrogens is 476 g/mol. The van der Waals surface area contributed by atoms with E-state index in [4.69, 9.17) is 4.74 Å². The summed E-state index contributed by atoms with van der Waals surface area (Å²) in [6.07, 6.45) is 4.90. The Hall–Kier alpha value is -3.12. The third-order valence-corrected chi connectivity index (χ3v) is 7.82. The molecule has 1 aliphatic rings. The van der Waals surface area contributed by atoms with Gasteiger partial charge < -0.3 is 19.9 Å². The fourth-order valence-corrected chi connectivity index (χ4v) is 5.83. The molecule has 0 aromatic carbocycles. The molecule has 180 valence electrons. The molecule has 10 nitrogen and oxygen atoms in total. The number of amides is 2. The smallest absolute Gasteiger partial charge is 0.328 e.